The Morgan fingerprint density at radius 1 is 0.919 bits per heavy atom. The van der Waals surface area contributed by atoms with Gasteiger partial charge in [0.25, 0.3) is 0 Å². The van der Waals surface area contributed by atoms with Crippen molar-refractivity contribution in [2.45, 2.75) is 19.6 Å². The van der Waals surface area contributed by atoms with Gasteiger partial charge in [-0.25, -0.2) is 4.98 Å². The molecule has 0 radical (unpaired) electrons. The van der Waals surface area contributed by atoms with Gasteiger partial charge in [-0.3, -0.25) is 0 Å². The lowest BCUT2D eigenvalue weighted by molar-refractivity contribution is 0.0831. The number of imidazole rings is 1. The summed E-state index contributed by atoms with van der Waals surface area (Å²) in [7, 11) is 3.83. The van der Waals surface area contributed by atoms with Crippen molar-refractivity contribution in [3.8, 4) is 34.2 Å². The van der Waals surface area contributed by atoms with E-state index < -0.39 is 6.10 Å². The first-order valence-corrected chi connectivity index (χ1v) is 12.5. The van der Waals surface area contributed by atoms with Crippen LogP contribution in [0.15, 0.2) is 79.0 Å². The summed E-state index contributed by atoms with van der Waals surface area (Å²) in [5.41, 5.74) is 2.74. The lowest BCUT2D eigenvalue weighted by Crippen LogP contribution is -2.30. The Balaban J connectivity index is 1.49. The fourth-order valence-corrected chi connectivity index (χ4v) is 3.90. The predicted octanol–water partition coefficient (Wildman–Crippen LogP) is 5.82. The standard InChI is InChI=1S/C29H32ClN3O4/c1-4-35-20-29-31-28(21-5-11-25(12-6-21)36-19-24(34)17-32(2)3)18-33(29)23-9-15-27(16-10-23)37-26-13-7-22(30)8-14-26/h5-16,18,24,34H,4,17,19-20H2,1-3H3/t24-/m1/s1. The third-order valence-corrected chi connectivity index (χ3v) is 5.80. The normalized spacial score (nSPS) is 12.1. The van der Waals surface area contributed by atoms with Gasteiger partial charge in [0.2, 0.25) is 0 Å². The molecule has 0 aliphatic rings. The first kappa shape index (κ1) is 26.7. The first-order chi connectivity index (χ1) is 17.9. The summed E-state index contributed by atoms with van der Waals surface area (Å²) < 4.78 is 19.4. The van der Waals surface area contributed by atoms with Gasteiger partial charge >= 0.3 is 0 Å². The quantitative estimate of drug-likeness (QED) is 0.253. The highest BCUT2D eigenvalue weighted by atomic mass is 35.5. The molecule has 1 heterocycles. The zero-order valence-electron chi connectivity index (χ0n) is 21.3. The van der Waals surface area contributed by atoms with E-state index in [1.54, 1.807) is 12.1 Å². The van der Waals surface area contributed by atoms with Gasteiger partial charge in [0.05, 0.1) is 5.69 Å². The predicted molar refractivity (Wildman–Crippen MR) is 146 cm³/mol. The average Bonchev–Trinajstić information content (AvgIpc) is 3.32. The summed E-state index contributed by atoms with van der Waals surface area (Å²) in [4.78, 5) is 6.76. The summed E-state index contributed by atoms with van der Waals surface area (Å²) in [6.45, 7) is 3.74. The van der Waals surface area contributed by atoms with Crippen molar-refractivity contribution >= 4 is 11.6 Å². The van der Waals surface area contributed by atoms with Crippen molar-refractivity contribution in [2.24, 2.45) is 0 Å². The highest BCUT2D eigenvalue weighted by molar-refractivity contribution is 6.30. The van der Waals surface area contributed by atoms with Crippen molar-refractivity contribution in [1.29, 1.82) is 0 Å². The van der Waals surface area contributed by atoms with Gasteiger partial charge in [-0.1, -0.05) is 11.6 Å². The number of nitrogens with zero attached hydrogens (tertiary/aromatic N) is 3. The van der Waals surface area contributed by atoms with Crippen LogP contribution in [0.2, 0.25) is 5.02 Å². The number of aliphatic hydroxyl groups is 1. The highest BCUT2D eigenvalue weighted by Crippen LogP contribution is 2.27. The van der Waals surface area contributed by atoms with Crippen LogP contribution < -0.4 is 9.47 Å². The fraction of sp³-hybridized carbons (Fsp3) is 0.276. The summed E-state index contributed by atoms with van der Waals surface area (Å²) in [6, 6.07) is 22.8. The molecule has 3 aromatic carbocycles. The van der Waals surface area contributed by atoms with Crippen molar-refractivity contribution < 1.29 is 19.3 Å². The maximum atomic E-state index is 10.0. The molecule has 8 heteroatoms. The molecule has 0 saturated carbocycles. The van der Waals surface area contributed by atoms with Gasteiger partial charge in [0, 0.05) is 35.6 Å². The third kappa shape index (κ3) is 7.57. The van der Waals surface area contributed by atoms with E-state index in [1.807, 2.05) is 97.3 Å². The number of ether oxygens (including phenoxy) is 3. The summed E-state index contributed by atoms with van der Waals surface area (Å²) >= 11 is 5.96. The van der Waals surface area contributed by atoms with Crippen LogP contribution in [-0.2, 0) is 11.3 Å². The maximum absolute atomic E-state index is 10.0. The zero-order chi connectivity index (χ0) is 26.2. The number of aromatic nitrogens is 2. The highest BCUT2D eigenvalue weighted by Gasteiger charge is 2.13. The van der Waals surface area contributed by atoms with Crippen molar-refractivity contribution in [3.05, 3.63) is 89.8 Å². The molecule has 0 aliphatic heterocycles. The van der Waals surface area contributed by atoms with E-state index in [0.29, 0.717) is 30.5 Å². The Kier molecular flexibility index (Phi) is 9.19. The number of benzene rings is 3. The molecule has 4 rings (SSSR count). The SMILES string of the molecule is CCOCc1nc(-c2ccc(OC[C@H](O)CN(C)C)cc2)cn1-c1ccc(Oc2ccc(Cl)cc2)cc1. The molecular formula is C29H32ClN3O4. The monoisotopic (exact) mass is 521 g/mol. The number of hydrogen-bond acceptors (Lipinski definition) is 6. The molecule has 1 N–H and O–H groups in total. The number of halogens is 1. The second-order valence-electron chi connectivity index (χ2n) is 8.85. The van der Waals surface area contributed by atoms with Crippen LogP contribution in [0.25, 0.3) is 16.9 Å². The molecule has 0 saturated heterocycles. The molecule has 0 aliphatic carbocycles. The van der Waals surface area contributed by atoms with Gasteiger partial charge in [-0.2, -0.15) is 0 Å². The first-order valence-electron chi connectivity index (χ1n) is 12.2. The van der Waals surface area contributed by atoms with Crippen LogP contribution in [0.5, 0.6) is 17.2 Å². The number of aliphatic hydroxyl groups excluding tert-OH is 1. The molecule has 0 amide bonds. The van der Waals surface area contributed by atoms with E-state index in [0.717, 1.165) is 34.3 Å². The average molecular weight is 522 g/mol. The van der Waals surface area contributed by atoms with Gasteiger partial charge in [-0.05, 0) is 93.8 Å². The molecule has 0 fully saturated rings. The topological polar surface area (TPSA) is 69.0 Å². The van der Waals surface area contributed by atoms with Gasteiger partial charge in [0.15, 0.2) is 0 Å². The van der Waals surface area contributed by atoms with E-state index in [1.165, 1.54) is 0 Å². The minimum absolute atomic E-state index is 0.238. The van der Waals surface area contributed by atoms with Crippen LogP contribution in [0, 0.1) is 0 Å². The van der Waals surface area contributed by atoms with Crippen molar-refractivity contribution in [2.75, 3.05) is 33.9 Å². The lowest BCUT2D eigenvalue weighted by atomic mass is 10.1. The molecule has 7 nitrogen and oxygen atoms in total. The molecule has 37 heavy (non-hydrogen) atoms. The summed E-state index contributed by atoms with van der Waals surface area (Å²) in [6.07, 6.45) is 1.45. The Bertz CT molecular complexity index is 1260. The van der Waals surface area contributed by atoms with Crippen molar-refractivity contribution in [1.82, 2.24) is 14.5 Å². The summed E-state index contributed by atoms with van der Waals surface area (Å²) in [5, 5.41) is 10.7. The number of likely N-dealkylation sites (N-methyl/N-ethyl adjacent to an activating group) is 1. The van der Waals surface area contributed by atoms with Crippen LogP contribution >= 0.6 is 11.6 Å². The Labute approximate surface area is 222 Å². The van der Waals surface area contributed by atoms with E-state index in [2.05, 4.69) is 0 Å². The minimum atomic E-state index is -0.547. The van der Waals surface area contributed by atoms with E-state index in [4.69, 9.17) is 30.8 Å². The van der Waals surface area contributed by atoms with Crippen LogP contribution in [-0.4, -0.2) is 59.5 Å². The second-order valence-corrected chi connectivity index (χ2v) is 9.29. The fourth-order valence-electron chi connectivity index (χ4n) is 3.78. The van der Waals surface area contributed by atoms with Gasteiger partial charge < -0.3 is 28.8 Å². The van der Waals surface area contributed by atoms with Crippen LogP contribution in [0.3, 0.4) is 0 Å². The van der Waals surface area contributed by atoms with Crippen molar-refractivity contribution in [3.63, 3.8) is 0 Å². The number of hydrogen-bond donors (Lipinski definition) is 1. The van der Waals surface area contributed by atoms with Gasteiger partial charge in [0.1, 0.15) is 42.4 Å². The molecule has 194 valence electrons. The minimum Gasteiger partial charge on any atom is -0.491 e. The molecule has 1 aromatic heterocycles. The third-order valence-electron chi connectivity index (χ3n) is 5.55. The molecule has 4 aromatic rings. The number of rotatable bonds is 12. The second kappa shape index (κ2) is 12.7. The largest absolute Gasteiger partial charge is 0.491 e. The van der Waals surface area contributed by atoms with E-state index >= 15 is 0 Å². The lowest BCUT2D eigenvalue weighted by Gasteiger charge is -2.16. The molecule has 0 unspecified atom stereocenters. The Hall–Kier alpha value is -3.36. The Morgan fingerprint density at radius 3 is 2.16 bits per heavy atom. The molecular weight excluding hydrogens is 490 g/mol. The molecule has 0 spiro atoms. The smallest absolute Gasteiger partial charge is 0.140 e. The van der Waals surface area contributed by atoms with Crippen LogP contribution in [0.1, 0.15) is 12.7 Å². The van der Waals surface area contributed by atoms with E-state index in [-0.39, 0.29) is 6.61 Å². The van der Waals surface area contributed by atoms with Gasteiger partial charge in [-0.15, -0.1) is 0 Å². The Morgan fingerprint density at radius 2 is 1.54 bits per heavy atom. The maximum Gasteiger partial charge on any atom is 0.140 e. The zero-order valence-corrected chi connectivity index (χ0v) is 22.1. The molecule has 1 atom stereocenters. The van der Waals surface area contributed by atoms with E-state index in [9.17, 15) is 5.11 Å². The molecule has 0 bridgehead atoms. The van der Waals surface area contributed by atoms with Crippen LogP contribution in [0.4, 0.5) is 0 Å². The summed E-state index contributed by atoms with van der Waals surface area (Å²) in [5.74, 6) is 2.95.